The molecule has 5 heterocycles. The molecule has 0 spiro atoms. The Morgan fingerprint density at radius 1 is 1.21 bits per heavy atom. The number of aromatic amines is 1. The second-order valence-electron chi connectivity index (χ2n) is 8.48. The van der Waals surface area contributed by atoms with Crippen LogP contribution < -0.4 is 10.4 Å². The van der Waals surface area contributed by atoms with Crippen molar-refractivity contribution in [2.24, 2.45) is 0 Å². The van der Waals surface area contributed by atoms with Crippen LogP contribution in [0.5, 0.6) is 0 Å². The third-order valence-corrected chi connectivity index (χ3v) is 9.33. The van der Waals surface area contributed by atoms with Crippen LogP contribution >= 0.6 is 11.3 Å². The van der Waals surface area contributed by atoms with Gasteiger partial charge in [0.1, 0.15) is 4.21 Å². The minimum atomic E-state index is -3.95. The zero-order chi connectivity index (χ0) is 26.3. The van der Waals surface area contributed by atoms with E-state index in [0.717, 1.165) is 37.9 Å². The molecule has 0 saturated carbocycles. The van der Waals surface area contributed by atoms with Crippen molar-refractivity contribution in [2.75, 3.05) is 31.2 Å². The van der Waals surface area contributed by atoms with Gasteiger partial charge in [-0.2, -0.15) is 13.5 Å². The number of nitrogens with one attached hydrogen (secondary N) is 2. The topological polar surface area (TPSA) is 155 Å². The Hall–Kier alpha value is -4.11. The molecule has 3 N–H and O–H groups in total. The maximum absolute atomic E-state index is 13.5. The standard InChI is InChI=1S/C24H21N7O5S2/c32-20(29-33)5-4-15-6-7-31(14-15)38(34,35)21-12-19-22(37-21)24(30-8-10-36-11-9-30)27-23(26-19)16-2-1-3-18-17(16)13-25-28-18/h1-7,12-14,33H,8-11H2,(H,25,28)(H,29,32). The van der Waals surface area contributed by atoms with Crippen molar-refractivity contribution in [1.29, 1.82) is 0 Å². The second kappa shape index (κ2) is 9.64. The third-order valence-electron chi connectivity index (χ3n) is 6.13. The molecule has 38 heavy (non-hydrogen) atoms. The summed E-state index contributed by atoms with van der Waals surface area (Å²) in [6, 6.07) is 8.84. The highest BCUT2D eigenvalue weighted by atomic mass is 32.2. The van der Waals surface area contributed by atoms with Gasteiger partial charge in [0, 0.05) is 42.5 Å². The van der Waals surface area contributed by atoms with Crippen LogP contribution in [0.4, 0.5) is 5.82 Å². The van der Waals surface area contributed by atoms with Crippen molar-refractivity contribution in [3.8, 4) is 11.4 Å². The van der Waals surface area contributed by atoms with Gasteiger partial charge >= 0.3 is 0 Å². The van der Waals surface area contributed by atoms with Crippen LogP contribution in [0.15, 0.2) is 59.2 Å². The number of hydrogen-bond donors (Lipinski definition) is 3. The number of carbonyl (C=O) groups excluding carboxylic acids is 1. The Morgan fingerprint density at radius 3 is 2.87 bits per heavy atom. The minimum absolute atomic E-state index is 0.106. The lowest BCUT2D eigenvalue weighted by Gasteiger charge is -2.28. The number of hydrogen-bond acceptors (Lipinski definition) is 10. The van der Waals surface area contributed by atoms with Crippen molar-refractivity contribution in [3.05, 3.63) is 60.6 Å². The van der Waals surface area contributed by atoms with Gasteiger partial charge in [-0.25, -0.2) is 19.4 Å². The molecule has 0 bridgehead atoms. The number of rotatable bonds is 6. The van der Waals surface area contributed by atoms with Crippen LogP contribution in [-0.4, -0.2) is 70.0 Å². The average molecular weight is 552 g/mol. The number of carbonyl (C=O) groups is 1. The highest BCUT2D eigenvalue weighted by Crippen LogP contribution is 2.38. The van der Waals surface area contributed by atoms with Crippen LogP contribution in [-0.2, 0) is 19.6 Å². The van der Waals surface area contributed by atoms with E-state index >= 15 is 0 Å². The molecule has 1 amide bonds. The number of amides is 1. The summed E-state index contributed by atoms with van der Waals surface area (Å²) >= 11 is 1.11. The normalized spacial score (nSPS) is 14.6. The molecule has 0 atom stereocenters. The molecule has 0 radical (unpaired) electrons. The lowest BCUT2D eigenvalue weighted by Crippen LogP contribution is -2.36. The fourth-order valence-electron chi connectivity index (χ4n) is 4.25. The van der Waals surface area contributed by atoms with E-state index in [-0.39, 0.29) is 4.21 Å². The van der Waals surface area contributed by atoms with Crippen LogP contribution in [0.1, 0.15) is 5.56 Å². The van der Waals surface area contributed by atoms with Crippen LogP contribution in [0.25, 0.3) is 38.6 Å². The Kier molecular flexibility index (Phi) is 6.15. The van der Waals surface area contributed by atoms with Crippen LogP contribution in [0.3, 0.4) is 0 Å². The number of hydroxylamine groups is 1. The Balaban J connectivity index is 1.46. The van der Waals surface area contributed by atoms with Crippen molar-refractivity contribution in [2.45, 2.75) is 4.21 Å². The highest BCUT2D eigenvalue weighted by Gasteiger charge is 2.25. The SMILES string of the molecule is O=C(C=Cc1ccn(S(=O)(=O)c2cc3nc(-c4cccc5[nH]ncc45)nc(N4CCOCC4)c3s2)c1)NO. The summed E-state index contributed by atoms with van der Waals surface area (Å²) < 4.78 is 34.4. The second-order valence-corrected chi connectivity index (χ2v) is 11.6. The largest absolute Gasteiger partial charge is 0.378 e. The zero-order valence-electron chi connectivity index (χ0n) is 19.7. The van der Waals surface area contributed by atoms with Gasteiger partial charge in [0.2, 0.25) is 0 Å². The van der Waals surface area contributed by atoms with E-state index in [4.69, 9.17) is 19.9 Å². The summed E-state index contributed by atoms with van der Waals surface area (Å²) in [6.45, 7) is 2.33. The number of anilines is 1. The number of aromatic nitrogens is 5. The number of morpholine rings is 1. The van der Waals surface area contributed by atoms with Crippen LogP contribution in [0, 0.1) is 0 Å². The molecule has 194 valence electrons. The Bertz CT molecular complexity index is 1800. The number of fused-ring (bicyclic) bond motifs is 2. The summed E-state index contributed by atoms with van der Waals surface area (Å²) in [7, 11) is -3.95. The van der Waals surface area contributed by atoms with Gasteiger partial charge in [-0.3, -0.25) is 15.1 Å². The molecular weight excluding hydrogens is 530 g/mol. The van der Waals surface area contributed by atoms with E-state index in [1.165, 1.54) is 23.9 Å². The number of thiophene rings is 1. The maximum Gasteiger partial charge on any atom is 0.277 e. The minimum Gasteiger partial charge on any atom is -0.378 e. The lowest BCUT2D eigenvalue weighted by atomic mass is 10.1. The van der Waals surface area contributed by atoms with Gasteiger partial charge in [-0.15, -0.1) is 11.3 Å². The molecule has 0 unspecified atom stereocenters. The van der Waals surface area contributed by atoms with E-state index in [1.54, 1.807) is 18.3 Å². The molecule has 1 saturated heterocycles. The first-order valence-electron chi connectivity index (χ1n) is 11.6. The van der Waals surface area contributed by atoms with Gasteiger partial charge in [0.25, 0.3) is 15.9 Å². The molecule has 1 aliphatic rings. The van der Waals surface area contributed by atoms with Gasteiger partial charge in [-0.05, 0) is 29.8 Å². The number of nitrogens with zero attached hydrogens (tertiary/aromatic N) is 5. The number of benzene rings is 1. The fourth-order valence-corrected chi connectivity index (χ4v) is 6.97. The molecule has 5 aromatic rings. The van der Waals surface area contributed by atoms with E-state index in [1.807, 2.05) is 18.2 Å². The molecule has 1 aliphatic heterocycles. The molecule has 1 aromatic carbocycles. The van der Waals surface area contributed by atoms with Crippen molar-refractivity contribution in [3.63, 3.8) is 0 Å². The van der Waals surface area contributed by atoms with Crippen molar-refractivity contribution < 1.29 is 23.2 Å². The number of ether oxygens (including phenoxy) is 1. The molecule has 14 heteroatoms. The number of H-pyrrole nitrogens is 1. The first kappa shape index (κ1) is 24.2. The lowest BCUT2D eigenvalue weighted by molar-refractivity contribution is -0.124. The molecule has 12 nitrogen and oxygen atoms in total. The van der Waals surface area contributed by atoms with Gasteiger partial charge < -0.3 is 9.64 Å². The molecule has 1 fully saturated rings. The quantitative estimate of drug-likeness (QED) is 0.164. The van der Waals surface area contributed by atoms with Gasteiger partial charge in [0.15, 0.2) is 11.6 Å². The van der Waals surface area contributed by atoms with Gasteiger partial charge in [0.05, 0.1) is 35.1 Å². The smallest absolute Gasteiger partial charge is 0.277 e. The van der Waals surface area contributed by atoms with E-state index in [9.17, 15) is 13.2 Å². The molecule has 4 aromatic heterocycles. The first-order valence-corrected chi connectivity index (χ1v) is 13.8. The van der Waals surface area contributed by atoms with E-state index in [0.29, 0.717) is 53.7 Å². The fraction of sp³-hybridized carbons (Fsp3) is 0.167. The highest BCUT2D eigenvalue weighted by molar-refractivity contribution is 7.92. The predicted octanol–water partition coefficient (Wildman–Crippen LogP) is 2.63. The Morgan fingerprint density at radius 2 is 2.05 bits per heavy atom. The monoisotopic (exact) mass is 551 g/mol. The summed E-state index contributed by atoms with van der Waals surface area (Å²) in [5.41, 5.74) is 4.12. The van der Waals surface area contributed by atoms with Crippen LogP contribution in [0.2, 0.25) is 0 Å². The predicted molar refractivity (Wildman–Crippen MR) is 142 cm³/mol. The van der Waals surface area contributed by atoms with Gasteiger partial charge in [-0.1, -0.05) is 12.1 Å². The third kappa shape index (κ3) is 4.32. The summed E-state index contributed by atoms with van der Waals surface area (Å²) in [5.74, 6) is 0.413. The molecule has 0 aliphatic carbocycles. The zero-order valence-corrected chi connectivity index (χ0v) is 21.4. The summed E-state index contributed by atoms with van der Waals surface area (Å²) in [4.78, 5) is 23.0. The van der Waals surface area contributed by atoms with E-state index in [2.05, 4.69) is 15.1 Å². The molecule has 6 rings (SSSR count). The summed E-state index contributed by atoms with van der Waals surface area (Å²) in [5, 5.41) is 16.6. The maximum atomic E-state index is 13.5. The first-order chi connectivity index (χ1) is 18.4. The Labute approximate surface area is 220 Å². The summed E-state index contributed by atoms with van der Waals surface area (Å²) in [6.07, 6.45) is 7.00. The molecular formula is C24H21N7O5S2. The van der Waals surface area contributed by atoms with E-state index < -0.39 is 15.9 Å². The average Bonchev–Trinajstić information content (AvgIpc) is 3.71. The van der Waals surface area contributed by atoms with Crippen molar-refractivity contribution >= 4 is 60.3 Å². The van der Waals surface area contributed by atoms with Crippen molar-refractivity contribution in [1.82, 2.24) is 29.6 Å².